The van der Waals surface area contributed by atoms with Gasteiger partial charge in [-0.25, -0.2) is 0 Å². The van der Waals surface area contributed by atoms with E-state index >= 15 is 0 Å². The Labute approximate surface area is 64.5 Å². The van der Waals surface area contributed by atoms with Crippen molar-refractivity contribution in [3.63, 3.8) is 0 Å². The van der Waals surface area contributed by atoms with Crippen LogP contribution in [-0.2, 0) is 4.74 Å². The number of ether oxygens (including phenoxy) is 1. The van der Waals surface area contributed by atoms with E-state index in [1.807, 2.05) is 19.1 Å². The van der Waals surface area contributed by atoms with Crippen LogP contribution in [0.1, 0.15) is 6.92 Å². The van der Waals surface area contributed by atoms with Crippen molar-refractivity contribution in [2.24, 2.45) is 0 Å². The maximum Gasteiger partial charge on any atom is 0.0780 e. The van der Waals surface area contributed by atoms with Crippen molar-refractivity contribution in [2.45, 2.75) is 6.92 Å². The molecule has 0 rings (SSSR count). The highest BCUT2D eigenvalue weighted by atomic mass is 79.9. The monoisotopic (exact) mass is 190 g/mol. The molecule has 0 bridgehead atoms. The van der Waals surface area contributed by atoms with E-state index in [1.54, 1.807) is 0 Å². The van der Waals surface area contributed by atoms with Crippen molar-refractivity contribution >= 4 is 15.9 Å². The lowest BCUT2D eigenvalue weighted by Gasteiger charge is -1.95. The molecule has 0 aliphatic heterocycles. The second-order valence-electron chi connectivity index (χ2n) is 1.60. The van der Waals surface area contributed by atoms with Gasteiger partial charge in [0.05, 0.1) is 13.2 Å². The Kier molecular flexibility index (Phi) is 5.99. The van der Waals surface area contributed by atoms with E-state index in [2.05, 4.69) is 22.5 Å². The molecule has 1 nitrogen and oxygen atoms in total. The number of hydrogen-bond acceptors (Lipinski definition) is 1. The SMILES string of the molecule is C=C(Br)COCC=CC. The van der Waals surface area contributed by atoms with Crippen molar-refractivity contribution in [3.05, 3.63) is 23.2 Å². The number of halogens is 1. The standard InChI is InChI=1S/C7H11BrO/c1-3-4-5-9-6-7(2)8/h3-4H,2,5-6H2,1H3. The van der Waals surface area contributed by atoms with Gasteiger partial charge in [0.25, 0.3) is 0 Å². The molecule has 0 spiro atoms. The molecule has 0 amide bonds. The molecule has 9 heavy (non-hydrogen) atoms. The van der Waals surface area contributed by atoms with E-state index in [0.29, 0.717) is 13.2 Å². The summed E-state index contributed by atoms with van der Waals surface area (Å²) < 4.78 is 5.98. The molecule has 0 aliphatic carbocycles. The molecule has 0 aromatic rings. The minimum Gasteiger partial charge on any atom is -0.372 e. The first-order valence-electron chi connectivity index (χ1n) is 2.79. The Morgan fingerprint density at radius 2 is 2.44 bits per heavy atom. The molecule has 0 aliphatic rings. The summed E-state index contributed by atoms with van der Waals surface area (Å²) in [6.45, 7) is 6.84. The molecule has 0 aromatic heterocycles. The first-order valence-corrected chi connectivity index (χ1v) is 3.59. The summed E-state index contributed by atoms with van der Waals surface area (Å²) in [5, 5.41) is 0. The largest absolute Gasteiger partial charge is 0.372 e. The zero-order valence-electron chi connectivity index (χ0n) is 5.56. The van der Waals surface area contributed by atoms with Gasteiger partial charge in [0, 0.05) is 4.48 Å². The van der Waals surface area contributed by atoms with Crippen LogP contribution in [0.5, 0.6) is 0 Å². The van der Waals surface area contributed by atoms with E-state index in [1.165, 1.54) is 0 Å². The second-order valence-corrected chi connectivity index (χ2v) is 2.72. The van der Waals surface area contributed by atoms with Crippen LogP contribution in [0.25, 0.3) is 0 Å². The molecule has 0 radical (unpaired) electrons. The number of rotatable bonds is 4. The molecule has 0 fully saturated rings. The maximum atomic E-state index is 5.10. The van der Waals surface area contributed by atoms with Crippen LogP contribution in [-0.4, -0.2) is 13.2 Å². The van der Waals surface area contributed by atoms with Crippen molar-refractivity contribution in [1.29, 1.82) is 0 Å². The Bertz CT molecular complexity index is 107. The summed E-state index contributed by atoms with van der Waals surface area (Å²) in [6, 6.07) is 0. The van der Waals surface area contributed by atoms with Crippen molar-refractivity contribution < 1.29 is 4.74 Å². The van der Waals surface area contributed by atoms with E-state index in [-0.39, 0.29) is 0 Å². The first kappa shape index (κ1) is 8.92. The summed E-state index contributed by atoms with van der Waals surface area (Å²) in [5.74, 6) is 0. The van der Waals surface area contributed by atoms with Gasteiger partial charge in [0.15, 0.2) is 0 Å². The van der Waals surface area contributed by atoms with Crippen LogP contribution in [0, 0.1) is 0 Å². The van der Waals surface area contributed by atoms with E-state index in [9.17, 15) is 0 Å². The van der Waals surface area contributed by atoms with Crippen molar-refractivity contribution in [3.8, 4) is 0 Å². The Morgan fingerprint density at radius 3 is 2.89 bits per heavy atom. The van der Waals surface area contributed by atoms with Gasteiger partial charge in [-0.15, -0.1) is 0 Å². The quantitative estimate of drug-likeness (QED) is 0.490. The fourth-order valence-electron chi connectivity index (χ4n) is 0.334. The van der Waals surface area contributed by atoms with E-state index < -0.39 is 0 Å². The normalized spacial score (nSPS) is 10.4. The molecule has 2 heteroatoms. The van der Waals surface area contributed by atoms with Crippen LogP contribution < -0.4 is 0 Å². The third-order valence-corrected chi connectivity index (χ3v) is 0.937. The molecule has 0 atom stereocenters. The summed E-state index contributed by atoms with van der Waals surface area (Å²) in [5.41, 5.74) is 0. The van der Waals surface area contributed by atoms with Gasteiger partial charge < -0.3 is 4.74 Å². The predicted octanol–water partition coefficient (Wildman–Crippen LogP) is 2.49. The van der Waals surface area contributed by atoms with Crippen LogP contribution in [0.15, 0.2) is 23.2 Å². The average Bonchev–Trinajstić information content (AvgIpc) is 1.80. The fraction of sp³-hybridized carbons (Fsp3) is 0.429. The minimum absolute atomic E-state index is 0.588. The Balaban J connectivity index is 3.01. The van der Waals surface area contributed by atoms with Gasteiger partial charge in [0.1, 0.15) is 0 Å². The predicted molar refractivity (Wildman–Crippen MR) is 43.7 cm³/mol. The van der Waals surface area contributed by atoms with E-state index in [4.69, 9.17) is 4.74 Å². The minimum atomic E-state index is 0.588. The van der Waals surface area contributed by atoms with Gasteiger partial charge in [0.2, 0.25) is 0 Å². The maximum absolute atomic E-state index is 5.10. The molecule has 52 valence electrons. The smallest absolute Gasteiger partial charge is 0.0780 e. The topological polar surface area (TPSA) is 9.23 Å². The highest BCUT2D eigenvalue weighted by Crippen LogP contribution is 1.99. The average molecular weight is 191 g/mol. The molecular weight excluding hydrogens is 180 g/mol. The first-order chi connectivity index (χ1) is 4.27. The lowest BCUT2D eigenvalue weighted by Crippen LogP contribution is -1.91. The van der Waals surface area contributed by atoms with Crippen LogP contribution in [0.4, 0.5) is 0 Å². The van der Waals surface area contributed by atoms with Crippen LogP contribution in [0.3, 0.4) is 0 Å². The lowest BCUT2D eigenvalue weighted by atomic mass is 10.5. The third kappa shape index (κ3) is 7.92. The second kappa shape index (κ2) is 6.05. The highest BCUT2D eigenvalue weighted by molar-refractivity contribution is 9.11. The Morgan fingerprint density at radius 1 is 1.78 bits per heavy atom. The van der Waals surface area contributed by atoms with Crippen molar-refractivity contribution in [1.82, 2.24) is 0 Å². The molecule has 0 heterocycles. The zero-order valence-corrected chi connectivity index (χ0v) is 7.15. The van der Waals surface area contributed by atoms with Crippen molar-refractivity contribution in [2.75, 3.05) is 13.2 Å². The van der Waals surface area contributed by atoms with E-state index in [0.717, 1.165) is 4.48 Å². The van der Waals surface area contributed by atoms with Gasteiger partial charge in [-0.2, -0.15) is 0 Å². The summed E-state index contributed by atoms with van der Waals surface area (Å²) in [7, 11) is 0. The molecule has 0 N–H and O–H groups in total. The number of hydrogen-bond donors (Lipinski definition) is 0. The summed E-state index contributed by atoms with van der Waals surface area (Å²) >= 11 is 3.18. The van der Waals surface area contributed by atoms with Gasteiger partial charge in [-0.3, -0.25) is 0 Å². The lowest BCUT2D eigenvalue weighted by molar-refractivity contribution is 0.192. The highest BCUT2D eigenvalue weighted by Gasteiger charge is 1.83. The molecule has 0 unspecified atom stereocenters. The fourth-order valence-corrected chi connectivity index (χ4v) is 0.496. The van der Waals surface area contributed by atoms with Crippen LogP contribution in [0.2, 0.25) is 0 Å². The molecule has 0 saturated heterocycles. The van der Waals surface area contributed by atoms with Gasteiger partial charge >= 0.3 is 0 Å². The third-order valence-electron chi connectivity index (χ3n) is 0.708. The number of allylic oxidation sites excluding steroid dienone is 1. The molecule has 0 saturated carbocycles. The summed E-state index contributed by atoms with van der Waals surface area (Å²) in [4.78, 5) is 0. The van der Waals surface area contributed by atoms with Gasteiger partial charge in [-0.05, 0) is 6.92 Å². The molecular formula is C7H11BrO. The van der Waals surface area contributed by atoms with Gasteiger partial charge in [-0.1, -0.05) is 34.7 Å². The molecule has 0 aromatic carbocycles. The zero-order chi connectivity index (χ0) is 7.11. The summed E-state index contributed by atoms with van der Waals surface area (Å²) in [6.07, 6.45) is 3.91. The Hall–Kier alpha value is -0.0800. The van der Waals surface area contributed by atoms with Crippen LogP contribution >= 0.6 is 15.9 Å².